The number of carbonyl (C=O) groups is 3. The molecule has 2 aliphatic heterocycles. The lowest BCUT2D eigenvalue weighted by Gasteiger charge is -2.35. The Morgan fingerprint density at radius 3 is 2.22 bits per heavy atom. The van der Waals surface area contributed by atoms with Crippen LogP contribution in [0.15, 0.2) is 58.7 Å². The van der Waals surface area contributed by atoms with Gasteiger partial charge in [0, 0.05) is 7.05 Å². The van der Waals surface area contributed by atoms with Gasteiger partial charge in [-0.2, -0.15) is 5.26 Å². The number of nitriles is 1. The molecule has 9 heteroatoms. The maximum atomic E-state index is 13.9. The van der Waals surface area contributed by atoms with E-state index >= 15 is 0 Å². The quantitative estimate of drug-likeness (QED) is 0.692. The third kappa shape index (κ3) is 3.12. The van der Waals surface area contributed by atoms with Crippen LogP contribution in [-0.2, 0) is 28.6 Å². The van der Waals surface area contributed by atoms with Gasteiger partial charge in [-0.15, -0.1) is 0 Å². The lowest BCUT2D eigenvalue weighted by molar-refractivity contribution is -0.145. The molecule has 1 amide bonds. The Hall–Kier alpha value is -4.06. The normalized spacial score (nSPS) is 20.5. The molecule has 3 rings (SSSR count). The van der Waals surface area contributed by atoms with Gasteiger partial charge in [-0.1, -0.05) is 30.3 Å². The second-order valence-corrected chi connectivity index (χ2v) is 7.03. The van der Waals surface area contributed by atoms with Gasteiger partial charge in [0.1, 0.15) is 23.0 Å². The van der Waals surface area contributed by atoms with E-state index in [2.05, 4.69) is 0 Å². The van der Waals surface area contributed by atoms with E-state index in [1.807, 2.05) is 6.07 Å². The van der Waals surface area contributed by atoms with E-state index in [9.17, 15) is 19.6 Å². The zero-order chi connectivity index (χ0) is 23.6. The zero-order valence-corrected chi connectivity index (χ0v) is 18.2. The van der Waals surface area contributed by atoms with Crippen molar-refractivity contribution in [1.29, 1.82) is 5.26 Å². The molecule has 1 unspecified atom stereocenters. The summed E-state index contributed by atoms with van der Waals surface area (Å²) in [5.74, 6) is -2.90. The van der Waals surface area contributed by atoms with E-state index in [-0.39, 0.29) is 47.3 Å². The molecule has 166 valence electrons. The zero-order valence-electron chi connectivity index (χ0n) is 18.2. The van der Waals surface area contributed by atoms with Crippen molar-refractivity contribution in [3.05, 3.63) is 64.3 Å². The van der Waals surface area contributed by atoms with Gasteiger partial charge >= 0.3 is 11.9 Å². The second kappa shape index (κ2) is 8.59. The highest BCUT2D eigenvalue weighted by atomic mass is 16.5. The van der Waals surface area contributed by atoms with Crippen molar-refractivity contribution in [3.8, 4) is 6.07 Å². The van der Waals surface area contributed by atoms with Gasteiger partial charge < -0.3 is 24.8 Å². The van der Waals surface area contributed by atoms with Crippen molar-refractivity contribution in [2.45, 2.75) is 20.8 Å². The van der Waals surface area contributed by atoms with Gasteiger partial charge in [0.25, 0.3) is 0 Å². The molecule has 0 fully saturated rings. The molecular formula is C23H23N3O6. The minimum Gasteiger partial charge on any atom is -0.463 e. The summed E-state index contributed by atoms with van der Waals surface area (Å²) in [6, 6.07) is 10.5. The Bertz CT molecular complexity index is 1130. The number of hydrogen-bond donors (Lipinski definition) is 1. The minimum absolute atomic E-state index is 0.000797. The third-order valence-corrected chi connectivity index (χ3v) is 5.30. The summed E-state index contributed by atoms with van der Waals surface area (Å²) < 4.78 is 15.9. The van der Waals surface area contributed by atoms with Crippen molar-refractivity contribution in [3.63, 3.8) is 0 Å². The number of rotatable bonds is 5. The van der Waals surface area contributed by atoms with E-state index in [0.717, 1.165) is 0 Å². The standard InChI is InChI=1S/C23H23N3O6/c1-5-30-20(27)16-13(3)32-19(25)15(12-24)23(16)17(21(28)31-6-2)18(26(4)22(23)29)14-10-8-7-9-11-14/h7-11H,5-6,25H2,1-4H3. The number of nitrogens with zero attached hydrogens (tertiary/aromatic N) is 2. The highest BCUT2D eigenvalue weighted by Gasteiger charge is 2.65. The van der Waals surface area contributed by atoms with E-state index < -0.39 is 23.3 Å². The van der Waals surface area contributed by atoms with Gasteiger partial charge in [-0.25, -0.2) is 9.59 Å². The largest absolute Gasteiger partial charge is 0.463 e. The first-order chi connectivity index (χ1) is 15.3. The maximum absolute atomic E-state index is 13.9. The number of ether oxygens (including phenoxy) is 3. The number of carbonyl (C=O) groups excluding carboxylic acids is 3. The molecular weight excluding hydrogens is 414 g/mol. The van der Waals surface area contributed by atoms with Crippen LogP contribution in [-0.4, -0.2) is 43.0 Å². The van der Waals surface area contributed by atoms with Gasteiger partial charge in [-0.05, 0) is 26.3 Å². The number of amides is 1. The summed E-state index contributed by atoms with van der Waals surface area (Å²) >= 11 is 0. The molecule has 1 aromatic carbocycles. The molecule has 2 N–H and O–H groups in total. The predicted octanol–water partition coefficient (Wildman–Crippen LogP) is 1.98. The molecule has 1 spiro atoms. The molecule has 1 aromatic rings. The Labute approximate surface area is 185 Å². The molecule has 0 saturated carbocycles. The Morgan fingerprint density at radius 1 is 1.12 bits per heavy atom. The van der Waals surface area contributed by atoms with Crippen LogP contribution in [0.3, 0.4) is 0 Å². The first-order valence-corrected chi connectivity index (χ1v) is 9.99. The van der Waals surface area contributed by atoms with Crippen molar-refractivity contribution in [2.75, 3.05) is 20.3 Å². The Morgan fingerprint density at radius 2 is 1.69 bits per heavy atom. The van der Waals surface area contributed by atoms with Crippen molar-refractivity contribution in [2.24, 2.45) is 11.1 Å². The average molecular weight is 437 g/mol. The first kappa shape index (κ1) is 22.6. The van der Waals surface area contributed by atoms with E-state index in [4.69, 9.17) is 19.9 Å². The van der Waals surface area contributed by atoms with Gasteiger partial charge in [0.15, 0.2) is 5.41 Å². The average Bonchev–Trinajstić information content (AvgIpc) is 2.97. The number of esters is 2. The summed E-state index contributed by atoms with van der Waals surface area (Å²) in [6.07, 6.45) is 0. The predicted molar refractivity (Wildman–Crippen MR) is 112 cm³/mol. The van der Waals surface area contributed by atoms with E-state index in [1.54, 1.807) is 44.2 Å². The molecule has 0 aliphatic carbocycles. The summed E-state index contributed by atoms with van der Waals surface area (Å²) in [5.41, 5.74) is 3.70. The number of benzene rings is 1. The molecule has 1 atom stereocenters. The van der Waals surface area contributed by atoms with Crippen molar-refractivity contribution in [1.82, 2.24) is 4.90 Å². The monoisotopic (exact) mass is 437 g/mol. The lowest BCUT2D eigenvalue weighted by Crippen LogP contribution is -2.46. The van der Waals surface area contributed by atoms with Crippen LogP contribution in [0.2, 0.25) is 0 Å². The Balaban J connectivity index is 2.52. The topological polar surface area (TPSA) is 132 Å². The first-order valence-electron chi connectivity index (χ1n) is 9.99. The molecule has 0 saturated heterocycles. The minimum atomic E-state index is -2.17. The third-order valence-electron chi connectivity index (χ3n) is 5.30. The summed E-state index contributed by atoms with van der Waals surface area (Å²) in [4.78, 5) is 41.6. The summed E-state index contributed by atoms with van der Waals surface area (Å²) in [7, 11) is 1.46. The van der Waals surface area contributed by atoms with Crippen LogP contribution in [0.4, 0.5) is 0 Å². The molecule has 0 bridgehead atoms. The van der Waals surface area contributed by atoms with Crippen LogP contribution >= 0.6 is 0 Å². The highest BCUT2D eigenvalue weighted by Crippen LogP contribution is 2.56. The molecule has 2 heterocycles. The number of hydrogen-bond acceptors (Lipinski definition) is 8. The van der Waals surface area contributed by atoms with E-state index in [1.165, 1.54) is 18.9 Å². The second-order valence-electron chi connectivity index (χ2n) is 7.03. The molecule has 0 aromatic heterocycles. The lowest BCUT2D eigenvalue weighted by atomic mass is 9.67. The molecule has 2 aliphatic rings. The van der Waals surface area contributed by atoms with Crippen molar-refractivity contribution < 1.29 is 28.6 Å². The van der Waals surface area contributed by atoms with Crippen LogP contribution in [0.25, 0.3) is 5.70 Å². The molecule has 0 radical (unpaired) electrons. The fourth-order valence-electron chi connectivity index (χ4n) is 4.14. The SMILES string of the molecule is CCOC(=O)C1=C(C)OC(N)=C(C#N)C12C(=O)N(C)C(c1ccccc1)=C2C(=O)OCC. The van der Waals surface area contributed by atoms with Gasteiger partial charge in [0.2, 0.25) is 11.8 Å². The molecule has 9 nitrogen and oxygen atoms in total. The van der Waals surface area contributed by atoms with Gasteiger partial charge in [0.05, 0.1) is 24.5 Å². The fraction of sp³-hybridized carbons (Fsp3) is 0.304. The van der Waals surface area contributed by atoms with E-state index in [0.29, 0.717) is 5.56 Å². The van der Waals surface area contributed by atoms with Crippen LogP contribution in [0.5, 0.6) is 0 Å². The summed E-state index contributed by atoms with van der Waals surface area (Å²) in [6.45, 7) is 4.64. The Kier molecular flexibility index (Phi) is 6.07. The van der Waals surface area contributed by atoms with Crippen LogP contribution in [0, 0.1) is 16.7 Å². The fourth-order valence-corrected chi connectivity index (χ4v) is 4.14. The summed E-state index contributed by atoms with van der Waals surface area (Å²) in [5, 5.41) is 10.0. The van der Waals surface area contributed by atoms with Gasteiger partial charge in [-0.3, -0.25) is 4.79 Å². The maximum Gasteiger partial charge on any atom is 0.339 e. The number of nitrogens with two attached hydrogens (primary N) is 1. The molecule has 32 heavy (non-hydrogen) atoms. The highest BCUT2D eigenvalue weighted by molar-refractivity contribution is 6.20. The van der Waals surface area contributed by atoms with Crippen LogP contribution in [0.1, 0.15) is 26.3 Å². The smallest absolute Gasteiger partial charge is 0.339 e. The van der Waals surface area contributed by atoms with Crippen molar-refractivity contribution >= 4 is 23.5 Å². The number of allylic oxidation sites excluding steroid dienone is 1. The van der Waals surface area contributed by atoms with Crippen LogP contribution < -0.4 is 5.73 Å².